The van der Waals surface area contributed by atoms with E-state index in [4.69, 9.17) is 9.84 Å². The maximum absolute atomic E-state index is 10.8. The Kier molecular flexibility index (Phi) is 3.96. The lowest BCUT2D eigenvalue weighted by molar-refractivity contribution is -0.142. The number of ether oxygens (including phenoxy) is 1. The summed E-state index contributed by atoms with van der Waals surface area (Å²) in [5, 5.41) is 8.89. The van der Waals surface area contributed by atoms with E-state index in [-0.39, 0.29) is 5.92 Å². The quantitative estimate of drug-likeness (QED) is 0.917. The van der Waals surface area contributed by atoms with Crippen LogP contribution in [0.4, 0.5) is 5.82 Å². The van der Waals surface area contributed by atoms with Crippen LogP contribution in [0.5, 0.6) is 5.75 Å². The smallest absolute Gasteiger partial charge is 0.310 e. The van der Waals surface area contributed by atoms with Crippen LogP contribution in [0.15, 0.2) is 42.6 Å². The Morgan fingerprint density at radius 2 is 2.14 bits per heavy atom. The van der Waals surface area contributed by atoms with Gasteiger partial charge in [-0.15, -0.1) is 0 Å². The number of carbonyl (C=O) groups is 1. The summed E-state index contributed by atoms with van der Waals surface area (Å²) in [5.74, 6) is 0.693. The van der Waals surface area contributed by atoms with E-state index in [0.29, 0.717) is 13.1 Å². The molecule has 0 radical (unpaired) electrons. The Balaban J connectivity index is 1.63. The molecule has 5 nitrogen and oxygen atoms in total. The lowest BCUT2D eigenvalue weighted by Crippen LogP contribution is -2.50. The highest BCUT2D eigenvalue weighted by Gasteiger charge is 2.33. The van der Waals surface area contributed by atoms with Gasteiger partial charge in [-0.3, -0.25) is 4.79 Å². The number of carboxylic acids is 1. The molecule has 2 heterocycles. The molecular formula is C17H18N2O3. The van der Waals surface area contributed by atoms with Crippen LogP contribution in [-0.2, 0) is 11.2 Å². The second kappa shape index (κ2) is 6.05. The summed E-state index contributed by atoms with van der Waals surface area (Å²) in [6, 6.07) is 12.0. The van der Waals surface area contributed by atoms with Crippen molar-refractivity contribution in [3.05, 3.63) is 53.7 Å². The van der Waals surface area contributed by atoms with Crippen LogP contribution in [0.2, 0.25) is 0 Å². The van der Waals surface area contributed by atoms with Crippen LogP contribution < -0.4 is 9.64 Å². The molecule has 0 unspecified atom stereocenters. The van der Waals surface area contributed by atoms with Crippen molar-refractivity contribution in [2.45, 2.75) is 6.42 Å². The average molecular weight is 298 g/mol. The van der Waals surface area contributed by atoms with Gasteiger partial charge >= 0.3 is 5.97 Å². The molecule has 114 valence electrons. The molecule has 0 spiro atoms. The van der Waals surface area contributed by atoms with Crippen LogP contribution >= 0.6 is 0 Å². The molecule has 1 aliphatic rings. The number of aromatic nitrogens is 1. The zero-order chi connectivity index (χ0) is 15.5. The predicted octanol–water partition coefficient (Wildman–Crippen LogP) is 2.20. The van der Waals surface area contributed by atoms with Gasteiger partial charge in [-0.2, -0.15) is 0 Å². The molecule has 0 bridgehead atoms. The van der Waals surface area contributed by atoms with Crippen molar-refractivity contribution >= 4 is 11.8 Å². The normalized spacial score (nSPS) is 14.5. The zero-order valence-electron chi connectivity index (χ0n) is 12.4. The first-order valence-corrected chi connectivity index (χ1v) is 7.21. The van der Waals surface area contributed by atoms with Crippen LogP contribution in [0, 0.1) is 5.92 Å². The number of aliphatic carboxylic acids is 1. The Hall–Kier alpha value is -2.56. The number of methoxy groups -OCH3 is 1. The summed E-state index contributed by atoms with van der Waals surface area (Å²) < 4.78 is 5.22. The van der Waals surface area contributed by atoms with Crippen molar-refractivity contribution < 1.29 is 14.6 Å². The van der Waals surface area contributed by atoms with Gasteiger partial charge in [-0.1, -0.05) is 18.2 Å². The van der Waals surface area contributed by atoms with Gasteiger partial charge in [0.15, 0.2) is 0 Å². The summed E-state index contributed by atoms with van der Waals surface area (Å²) >= 11 is 0. The molecule has 1 aromatic heterocycles. The minimum atomic E-state index is -0.731. The second-order valence-electron chi connectivity index (χ2n) is 5.49. The Morgan fingerprint density at radius 1 is 1.32 bits per heavy atom. The molecule has 1 N–H and O–H groups in total. The predicted molar refractivity (Wildman–Crippen MR) is 83.4 cm³/mol. The third-order valence-corrected chi connectivity index (χ3v) is 3.91. The third kappa shape index (κ3) is 3.03. The van der Waals surface area contributed by atoms with Crippen molar-refractivity contribution in [1.82, 2.24) is 4.98 Å². The molecule has 0 saturated carbocycles. The molecule has 1 aliphatic heterocycles. The number of carboxylic acid groups (broad SMARTS) is 1. The minimum Gasteiger partial charge on any atom is -0.497 e. The van der Waals surface area contributed by atoms with Gasteiger partial charge in [0, 0.05) is 19.3 Å². The second-order valence-corrected chi connectivity index (χ2v) is 5.49. The van der Waals surface area contributed by atoms with Crippen molar-refractivity contribution in [2.24, 2.45) is 5.92 Å². The first-order chi connectivity index (χ1) is 10.7. The number of hydrogen-bond acceptors (Lipinski definition) is 4. The molecule has 22 heavy (non-hydrogen) atoms. The van der Waals surface area contributed by atoms with E-state index < -0.39 is 5.97 Å². The number of anilines is 1. The third-order valence-electron chi connectivity index (χ3n) is 3.91. The monoisotopic (exact) mass is 298 g/mol. The Labute approximate surface area is 129 Å². The van der Waals surface area contributed by atoms with Crippen molar-refractivity contribution in [3.8, 4) is 5.75 Å². The van der Waals surface area contributed by atoms with Crippen LogP contribution in [-0.4, -0.2) is 36.3 Å². The van der Waals surface area contributed by atoms with E-state index in [9.17, 15) is 4.79 Å². The standard InChI is InChI=1S/C17H18N2O3/c1-22-15-4-2-3-12(8-15)7-13-5-6-16(18-9-13)19-10-14(11-19)17(20)21/h2-6,8-9,14H,7,10-11H2,1H3,(H,20,21). The first-order valence-electron chi connectivity index (χ1n) is 7.21. The first kappa shape index (κ1) is 14.4. The number of benzene rings is 1. The largest absolute Gasteiger partial charge is 0.497 e. The number of nitrogens with zero attached hydrogens (tertiary/aromatic N) is 2. The van der Waals surface area contributed by atoms with E-state index in [2.05, 4.69) is 11.1 Å². The lowest BCUT2D eigenvalue weighted by atomic mass is 10.0. The van der Waals surface area contributed by atoms with Crippen LogP contribution in [0.25, 0.3) is 0 Å². The summed E-state index contributed by atoms with van der Waals surface area (Å²) in [6.07, 6.45) is 2.64. The lowest BCUT2D eigenvalue weighted by Gasteiger charge is -2.37. The van der Waals surface area contributed by atoms with E-state index >= 15 is 0 Å². The van der Waals surface area contributed by atoms with Crippen LogP contribution in [0.1, 0.15) is 11.1 Å². The molecule has 0 atom stereocenters. The highest BCUT2D eigenvalue weighted by molar-refractivity contribution is 5.74. The highest BCUT2D eigenvalue weighted by Crippen LogP contribution is 2.23. The van der Waals surface area contributed by atoms with Crippen molar-refractivity contribution in [1.29, 1.82) is 0 Å². The van der Waals surface area contributed by atoms with E-state index in [1.165, 1.54) is 5.56 Å². The molecular weight excluding hydrogens is 280 g/mol. The maximum atomic E-state index is 10.8. The molecule has 0 aliphatic carbocycles. The van der Waals surface area contributed by atoms with E-state index in [1.54, 1.807) is 7.11 Å². The number of hydrogen-bond donors (Lipinski definition) is 1. The van der Waals surface area contributed by atoms with E-state index in [1.807, 2.05) is 41.4 Å². The summed E-state index contributed by atoms with van der Waals surface area (Å²) in [4.78, 5) is 17.2. The molecule has 5 heteroatoms. The van der Waals surface area contributed by atoms with Gasteiger partial charge in [0.05, 0.1) is 13.0 Å². The molecule has 3 rings (SSSR count). The summed E-state index contributed by atoms with van der Waals surface area (Å²) in [7, 11) is 1.66. The zero-order valence-corrected chi connectivity index (χ0v) is 12.4. The average Bonchev–Trinajstić information content (AvgIpc) is 2.47. The number of pyridine rings is 1. The van der Waals surface area contributed by atoms with Gasteiger partial charge in [-0.05, 0) is 35.7 Å². The molecule has 0 amide bonds. The summed E-state index contributed by atoms with van der Waals surface area (Å²) in [5.41, 5.74) is 2.29. The Morgan fingerprint density at radius 3 is 2.77 bits per heavy atom. The fraction of sp³-hybridized carbons (Fsp3) is 0.294. The highest BCUT2D eigenvalue weighted by atomic mass is 16.5. The molecule has 1 aromatic carbocycles. The number of rotatable bonds is 5. The maximum Gasteiger partial charge on any atom is 0.310 e. The fourth-order valence-electron chi connectivity index (χ4n) is 2.55. The van der Waals surface area contributed by atoms with Crippen molar-refractivity contribution in [3.63, 3.8) is 0 Å². The van der Waals surface area contributed by atoms with Crippen molar-refractivity contribution in [2.75, 3.05) is 25.1 Å². The SMILES string of the molecule is COc1cccc(Cc2ccc(N3CC(C(=O)O)C3)nc2)c1. The Bertz CT molecular complexity index is 664. The van der Waals surface area contributed by atoms with Crippen LogP contribution in [0.3, 0.4) is 0 Å². The molecule has 1 fully saturated rings. The minimum absolute atomic E-state index is 0.265. The molecule has 1 saturated heterocycles. The van der Waals surface area contributed by atoms with Gasteiger partial charge in [-0.25, -0.2) is 4.98 Å². The topological polar surface area (TPSA) is 62.7 Å². The van der Waals surface area contributed by atoms with Gasteiger partial charge < -0.3 is 14.7 Å². The summed E-state index contributed by atoms with van der Waals surface area (Å²) in [6.45, 7) is 1.08. The fourth-order valence-corrected chi connectivity index (χ4v) is 2.55. The van der Waals surface area contributed by atoms with Gasteiger partial charge in [0.2, 0.25) is 0 Å². The van der Waals surface area contributed by atoms with Gasteiger partial charge in [0.1, 0.15) is 11.6 Å². The molecule has 2 aromatic rings. The van der Waals surface area contributed by atoms with E-state index in [0.717, 1.165) is 23.6 Å². The van der Waals surface area contributed by atoms with Gasteiger partial charge in [0.25, 0.3) is 0 Å².